The molecule has 5 aliphatic rings. The van der Waals surface area contributed by atoms with Gasteiger partial charge in [0.25, 0.3) is 0 Å². The fraction of sp³-hybridized carbons (Fsp3) is 0.642. The summed E-state index contributed by atoms with van der Waals surface area (Å²) in [6.07, 6.45) is 16.3. The molecular weight excluding hydrogens is 991 g/mol. The molecule has 3 aromatic carbocycles. The Morgan fingerprint density at radius 2 is 1.41 bits per heavy atom. The zero-order valence-electron chi connectivity index (χ0n) is 49.1. The second-order valence-electron chi connectivity index (χ2n) is 25.2. The van der Waals surface area contributed by atoms with Gasteiger partial charge in [-0.3, -0.25) is 14.4 Å². The lowest BCUT2D eigenvalue weighted by atomic mass is 9.47. The third-order valence-corrected chi connectivity index (χ3v) is 20.1. The number of aliphatic hydroxyl groups is 1. The maximum absolute atomic E-state index is 14.2. The number of hydrogen-bond acceptors (Lipinski definition) is 9. The first-order valence-corrected chi connectivity index (χ1v) is 30.5. The zero-order chi connectivity index (χ0) is 56.3. The Kier molecular flexibility index (Phi) is 20.4. The highest BCUT2D eigenvalue weighted by Gasteiger charge is 2.59. The van der Waals surface area contributed by atoms with Gasteiger partial charge in [-0.1, -0.05) is 133 Å². The van der Waals surface area contributed by atoms with Crippen LogP contribution >= 0.6 is 0 Å². The van der Waals surface area contributed by atoms with Crippen LogP contribution in [0.1, 0.15) is 174 Å². The van der Waals surface area contributed by atoms with E-state index >= 15 is 0 Å². The van der Waals surface area contributed by atoms with Crippen molar-refractivity contribution in [3.63, 3.8) is 0 Å². The van der Waals surface area contributed by atoms with Crippen molar-refractivity contribution in [2.24, 2.45) is 52.3 Å². The van der Waals surface area contributed by atoms with Crippen molar-refractivity contribution in [1.82, 2.24) is 15.5 Å². The Bertz CT molecular complexity index is 2470. The summed E-state index contributed by atoms with van der Waals surface area (Å²) in [6, 6.07) is 25.0. The number of rotatable bonds is 25. The number of benzene rings is 3. The number of methoxy groups -OCH3 is 2. The number of carbonyl (C=O) groups is 4. The summed E-state index contributed by atoms with van der Waals surface area (Å²) in [6.45, 7) is 15.6. The lowest BCUT2D eigenvalue weighted by molar-refractivity contribution is -0.153. The molecule has 8 unspecified atom stereocenters. The van der Waals surface area contributed by atoms with E-state index in [1.807, 2.05) is 85.8 Å². The van der Waals surface area contributed by atoms with Crippen LogP contribution in [0.2, 0.25) is 0 Å². The van der Waals surface area contributed by atoms with Crippen LogP contribution < -0.4 is 20.1 Å². The molecule has 432 valence electrons. The molecule has 4 fully saturated rings. The van der Waals surface area contributed by atoms with Gasteiger partial charge in [0.2, 0.25) is 11.8 Å². The normalized spacial score (nSPS) is 27.1. The number of allylic oxidation sites excluding steroid dienone is 1. The lowest BCUT2D eigenvalue weighted by Gasteiger charge is -2.58. The van der Waals surface area contributed by atoms with Gasteiger partial charge in [-0.05, 0) is 152 Å². The summed E-state index contributed by atoms with van der Waals surface area (Å²) < 4.78 is 23.4. The van der Waals surface area contributed by atoms with Crippen LogP contribution in [0.4, 0.5) is 4.79 Å². The minimum Gasteiger partial charge on any atom is -0.497 e. The Hall–Kier alpha value is -5.36. The Morgan fingerprint density at radius 3 is 2.06 bits per heavy atom. The highest BCUT2D eigenvalue weighted by Crippen LogP contribution is 2.67. The minimum atomic E-state index is -1.22. The van der Waals surface area contributed by atoms with Gasteiger partial charge in [0.05, 0.1) is 38.7 Å². The average Bonchev–Trinajstić information content (AvgIpc) is 4.27. The maximum atomic E-state index is 14.2. The van der Waals surface area contributed by atoms with Crippen molar-refractivity contribution in [1.29, 1.82) is 0 Å². The smallest absolute Gasteiger partial charge is 0.407 e. The van der Waals surface area contributed by atoms with Gasteiger partial charge in [-0.2, -0.15) is 0 Å². The maximum Gasteiger partial charge on any atom is 0.407 e. The van der Waals surface area contributed by atoms with E-state index in [1.54, 1.807) is 19.1 Å². The van der Waals surface area contributed by atoms with E-state index in [1.165, 1.54) is 56.9 Å². The first kappa shape index (κ1) is 59.8. The van der Waals surface area contributed by atoms with Crippen LogP contribution in [-0.2, 0) is 29.3 Å². The van der Waals surface area contributed by atoms with Crippen LogP contribution in [0.15, 0.2) is 90.5 Å². The van der Waals surface area contributed by atoms with E-state index in [0.717, 1.165) is 77.9 Å². The van der Waals surface area contributed by atoms with E-state index in [9.17, 15) is 24.3 Å². The molecule has 1 aliphatic heterocycles. The summed E-state index contributed by atoms with van der Waals surface area (Å²) in [5, 5.41) is 19.1. The molecule has 12 heteroatoms. The Balaban J connectivity index is 0.865. The molecule has 3 saturated carbocycles. The number of nitrogens with one attached hydrogen (secondary N) is 2. The minimum absolute atomic E-state index is 0.0301. The number of unbranched alkanes of at least 4 members (excludes halogenated alkanes) is 2. The number of likely N-dealkylation sites (tertiary alicyclic amines) is 1. The number of aliphatic hydroxyl groups excluding tert-OH is 1. The van der Waals surface area contributed by atoms with Crippen molar-refractivity contribution in [3.05, 3.63) is 107 Å². The van der Waals surface area contributed by atoms with Gasteiger partial charge in [-0.25, -0.2) is 4.79 Å². The van der Waals surface area contributed by atoms with E-state index in [2.05, 4.69) is 51.3 Å². The third-order valence-electron chi connectivity index (χ3n) is 20.1. The highest BCUT2D eigenvalue weighted by molar-refractivity contribution is 5.81. The first-order valence-electron chi connectivity index (χ1n) is 30.5. The predicted octanol–water partition coefficient (Wildman–Crippen LogP) is 12.8. The van der Waals surface area contributed by atoms with E-state index in [-0.39, 0.29) is 61.8 Å². The molecule has 0 bridgehead atoms. The molecule has 4 aliphatic carbocycles. The van der Waals surface area contributed by atoms with Gasteiger partial charge in [0.1, 0.15) is 23.7 Å². The van der Waals surface area contributed by atoms with Crippen LogP contribution in [-0.4, -0.2) is 92.6 Å². The summed E-state index contributed by atoms with van der Waals surface area (Å²) in [7, 11) is 3.22. The third kappa shape index (κ3) is 13.4. The van der Waals surface area contributed by atoms with Crippen LogP contribution in [0, 0.1) is 52.3 Å². The number of esters is 1. The van der Waals surface area contributed by atoms with Crippen LogP contribution in [0.25, 0.3) is 0 Å². The van der Waals surface area contributed by atoms with E-state index < -0.39 is 29.5 Å². The van der Waals surface area contributed by atoms with Gasteiger partial charge < -0.3 is 39.6 Å². The molecule has 1 heterocycles. The van der Waals surface area contributed by atoms with Crippen molar-refractivity contribution >= 4 is 23.9 Å². The van der Waals surface area contributed by atoms with Crippen molar-refractivity contribution in [2.75, 3.05) is 40.4 Å². The van der Waals surface area contributed by atoms with Crippen LogP contribution in [0.5, 0.6) is 11.5 Å². The van der Waals surface area contributed by atoms with Gasteiger partial charge in [-0.15, -0.1) is 0 Å². The molecular formula is C67H95N3O9. The summed E-state index contributed by atoms with van der Waals surface area (Å²) in [4.78, 5) is 55.3. The van der Waals surface area contributed by atoms with E-state index in [4.69, 9.17) is 18.9 Å². The number of amides is 3. The van der Waals surface area contributed by atoms with Crippen LogP contribution in [0.3, 0.4) is 0 Å². The summed E-state index contributed by atoms with van der Waals surface area (Å²) in [5.41, 5.74) is 3.32. The Labute approximate surface area is 472 Å². The number of alkyl carbamates (subject to hydrolysis) is 1. The quantitative estimate of drug-likeness (QED) is 0.0326. The van der Waals surface area contributed by atoms with E-state index in [0.29, 0.717) is 49.3 Å². The number of carbonyl (C=O) groups excluding carboxylic acids is 4. The van der Waals surface area contributed by atoms with Gasteiger partial charge in [0.15, 0.2) is 0 Å². The topological polar surface area (TPSA) is 153 Å². The number of fused-ring (bicyclic) bond motifs is 5. The molecule has 0 spiro atoms. The second-order valence-corrected chi connectivity index (χ2v) is 25.2. The Morgan fingerprint density at radius 1 is 0.722 bits per heavy atom. The molecule has 0 radical (unpaired) electrons. The SMILES string of the molecule is CCCNC(=O)CCC(=O)OC1CN(C(=O)CCCCCNC(=O)OC2CC[C@@]3(C)C(=CCC4C3CC[C@@]3(C)C4CC[C@@H]3C(C)CCCC(C)C)C2)CC1C(O)C(c1ccccc1)(c1ccc(OC)cc1)c1ccc(OC)cc1. The zero-order valence-corrected chi connectivity index (χ0v) is 49.1. The first-order chi connectivity index (χ1) is 38.0. The fourth-order valence-corrected chi connectivity index (χ4v) is 15.8. The number of hydrogen-bond donors (Lipinski definition) is 3. The predicted molar refractivity (Wildman–Crippen MR) is 311 cm³/mol. The van der Waals surface area contributed by atoms with Crippen molar-refractivity contribution in [2.45, 2.75) is 181 Å². The molecule has 8 rings (SSSR count). The molecule has 3 N–H and O–H groups in total. The fourth-order valence-electron chi connectivity index (χ4n) is 15.8. The molecule has 11 atom stereocenters. The van der Waals surface area contributed by atoms with Gasteiger partial charge in [0, 0.05) is 44.8 Å². The number of ether oxygens (including phenoxy) is 4. The molecule has 3 aromatic rings. The second kappa shape index (κ2) is 26.9. The molecule has 12 nitrogen and oxygen atoms in total. The average molecular weight is 1090 g/mol. The van der Waals surface area contributed by atoms with Crippen molar-refractivity contribution < 1.29 is 43.2 Å². The molecule has 1 saturated heterocycles. The highest BCUT2D eigenvalue weighted by atomic mass is 16.6. The standard InChI is InChI=1S/C67H95N3O9/c1-9-40-68-60(71)34-35-62(73)79-59-44-70(43-55(59)63(74)67(47-19-12-10-13-20-47,48-22-27-51(76-7)28-23-48)49-24-29-52(77-8)30-25-49)61(72)21-14-11-15-41-69-64(75)78-53-36-38-65(5)50(42-53)26-31-54-57-33-32-56(46(4)18-16-17-45(2)3)66(57,6)39-37-58(54)65/h10,12-13,19-20,22-30,45-46,53-59,63,74H,9,11,14-18,21,31-44H2,1-8H3,(H,68,71)(H,69,75)/t46?,53?,54?,55?,56-,57?,58?,59?,63?,65+,66-/m1/s1. The number of nitrogens with zero attached hydrogens (tertiary/aromatic N) is 1. The monoisotopic (exact) mass is 1090 g/mol. The molecule has 79 heavy (non-hydrogen) atoms. The largest absolute Gasteiger partial charge is 0.497 e. The van der Waals surface area contributed by atoms with Crippen molar-refractivity contribution in [3.8, 4) is 11.5 Å². The summed E-state index contributed by atoms with van der Waals surface area (Å²) >= 11 is 0. The lowest BCUT2D eigenvalue weighted by Crippen LogP contribution is -2.51. The molecule has 0 aromatic heterocycles. The molecule has 3 amide bonds. The summed E-state index contributed by atoms with van der Waals surface area (Å²) in [5.74, 6) is 4.41. The van der Waals surface area contributed by atoms with Gasteiger partial charge >= 0.3 is 12.1 Å².